The lowest BCUT2D eigenvalue weighted by Gasteiger charge is -2.58. The predicted octanol–water partition coefficient (Wildman–Crippen LogP) is 2.92. The first-order valence-corrected chi connectivity index (χ1v) is 11.9. The number of anilines is 1. The third-order valence-corrected chi connectivity index (χ3v) is 8.53. The van der Waals surface area contributed by atoms with Crippen molar-refractivity contribution in [1.29, 1.82) is 0 Å². The topological polar surface area (TPSA) is 61.9 Å². The van der Waals surface area contributed by atoms with E-state index in [0.717, 1.165) is 55.9 Å². The summed E-state index contributed by atoms with van der Waals surface area (Å²) in [4.78, 5) is 29.3. The molecule has 7 heteroatoms. The molecule has 0 aromatic carbocycles. The molecule has 1 aromatic heterocycles. The highest BCUT2D eigenvalue weighted by Gasteiger charge is 2.50. The fourth-order valence-corrected chi connectivity index (χ4v) is 7.55. The Kier molecular flexibility index (Phi) is 5.39. The van der Waals surface area contributed by atoms with Gasteiger partial charge in [-0.25, -0.2) is 4.79 Å². The van der Waals surface area contributed by atoms with E-state index in [4.69, 9.17) is 4.74 Å². The van der Waals surface area contributed by atoms with E-state index in [-0.39, 0.29) is 5.91 Å². The van der Waals surface area contributed by atoms with E-state index in [1.807, 2.05) is 0 Å². The van der Waals surface area contributed by atoms with Crippen LogP contribution in [0.2, 0.25) is 0 Å². The number of ether oxygens (including phenoxy) is 1. The van der Waals surface area contributed by atoms with Crippen LogP contribution in [0.1, 0.15) is 42.5 Å². The zero-order chi connectivity index (χ0) is 20.0. The van der Waals surface area contributed by atoms with E-state index in [1.165, 1.54) is 50.6 Å². The van der Waals surface area contributed by atoms with Crippen molar-refractivity contribution in [3.05, 3.63) is 17.0 Å². The lowest BCUT2D eigenvalue weighted by atomic mass is 9.54. The van der Waals surface area contributed by atoms with Crippen molar-refractivity contribution in [2.24, 2.45) is 23.7 Å². The summed E-state index contributed by atoms with van der Waals surface area (Å²) in [7, 11) is 1.36. The maximum atomic E-state index is 12.5. The van der Waals surface area contributed by atoms with Gasteiger partial charge in [-0.2, -0.15) is 0 Å². The number of hydrogen-bond donors (Lipinski definition) is 1. The fraction of sp³-hybridized carbons (Fsp3) is 0.727. The molecule has 29 heavy (non-hydrogen) atoms. The average molecular weight is 418 g/mol. The number of piperazine rings is 1. The Morgan fingerprint density at radius 2 is 1.72 bits per heavy atom. The molecule has 4 aliphatic carbocycles. The Morgan fingerprint density at radius 3 is 2.34 bits per heavy atom. The van der Waals surface area contributed by atoms with Gasteiger partial charge in [-0.3, -0.25) is 14.6 Å². The smallest absolute Gasteiger partial charge is 0.340 e. The van der Waals surface area contributed by atoms with Gasteiger partial charge < -0.3 is 10.1 Å². The molecule has 0 spiro atoms. The third-order valence-electron chi connectivity index (χ3n) is 7.70. The Morgan fingerprint density at radius 1 is 1.07 bits per heavy atom. The monoisotopic (exact) mass is 417 g/mol. The van der Waals surface area contributed by atoms with Crippen LogP contribution in [0.5, 0.6) is 0 Å². The SMILES string of the molecule is COC(=O)c1ccsc1NC(=O)CN1CCN(C2C3CC4CC(C3)CC2C4)CC1. The van der Waals surface area contributed by atoms with Crippen LogP contribution < -0.4 is 5.32 Å². The quantitative estimate of drug-likeness (QED) is 0.747. The standard InChI is InChI=1S/C22H31N3O3S/c1-28-22(27)18-2-7-29-21(18)23-19(26)13-24-3-5-25(6-4-24)20-16-9-14-8-15(11-16)12-17(20)10-14/h2,7,14-17,20H,3-6,8-13H2,1H3,(H,23,26). The molecule has 6 rings (SSSR count). The van der Waals surface area contributed by atoms with Gasteiger partial charge in [0.05, 0.1) is 19.2 Å². The van der Waals surface area contributed by atoms with E-state index < -0.39 is 5.97 Å². The zero-order valence-electron chi connectivity index (χ0n) is 17.1. The van der Waals surface area contributed by atoms with Crippen molar-refractivity contribution in [3.8, 4) is 0 Å². The van der Waals surface area contributed by atoms with Crippen LogP contribution in [0.15, 0.2) is 11.4 Å². The molecule has 4 bridgehead atoms. The average Bonchev–Trinajstić information content (AvgIpc) is 3.15. The van der Waals surface area contributed by atoms with Gasteiger partial charge in [-0.15, -0.1) is 11.3 Å². The van der Waals surface area contributed by atoms with E-state index in [2.05, 4.69) is 15.1 Å². The minimum absolute atomic E-state index is 0.0549. The van der Waals surface area contributed by atoms with Gasteiger partial charge >= 0.3 is 5.97 Å². The van der Waals surface area contributed by atoms with Crippen LogP contribution in [0.4, 0.5) is 5.00 Å². The third kappa shape index (κ3) is 3.84. The summed E-state index contributed by atoms with van der Waals surface area (Å²) in [6.45, 7) is 4.43. The number of amides is 1. The first kappa shape index (κ1) is 19.5. The normalized spacial score (nSPS) is 34.3. The van der Waals surface area contributed by atoms with Crippen LogP contribution in [-0.2, 0) is 9.53 Å². The second-order valence-electron chi connectivity index (χ2n) is 9.44. The van der Waals surface area contributed by atoms with Crippen LogP contribution in [0.25, 0.3) is 0 Å². The first-order chi connectivity index (χ1) is 14.1. The Hall–Kier alpha value is -1.44. The van der Waals surface area contributed by atoms with Gasteiger partial charge in [0.15, 0.2) is 0 Å². The van der Waals surface area contributed by atoms with Gasteiger partial charge in [0.1, 0.15) is 5.00 Å². The van der Waals surface area contributed by atoms with Crippen LogP contribution in [0, 0.1) is 23.7 Å². The second kappa shape index (κ2) is 8.00. The Balaban J connectivity index is 1.12. The largest absolute Gasteiger partial charge is 0.465 e. The van der Waals surface area contributed by atoms with Crippen molar-refractivity contribution >= 4 is 28.2 Å². The fourth-order valence-electron chi connectivity index (χ4n) is 6.76. The number of rotatable bonds is 5. The summed E-state index contributed by atoms with van der Waals surface area (Å²) in [6, 6.07) is 2.49. The number of esters is 1. The summed E-state index contributed by atoms with van der Waals surface area (Å²) >= 11 is 1.36. The summed E-state index contributed by atoms with van der Waals surface area (Å²) in [5, 5.41) is 5.27. The molecule has 158 valence electrons. The molecule has 1 aromatic rings. The number of carbonyl (C=O) groups is 2. The molecule has 1 amide bonds. The van der Waals surface area contributed by atoms with Crippen LogP contribution >= 0.6 is 11.3 Å². The molecular formula is C22H31N3O3S. The summed E-state index contributed by atoms with van der Waals surface area (Å²) < 4.78 is 4.78. The van der Waals surface area contributed by atoms with Gasteiger partial charge in [0.25, 0.3) is 0 Å². The number of hydrogen-bond acceptors (Lipinski definition) is 6. The lowest BCUT2D eigenvalue weighted by Crippen LogP contribution is -2.60. The van der Waals surface area contributed by atoms with Crippen LogP contribution in [-0.4, -0.2) is 67.6 Å². The van der Waals surface area contributed by atoms with Crippen molar-refractivity contribution < 1.29 is 14.3 Å². The van der Waals surface area contributed by atoms with Crippen molar-refractivity contribution in [2.75, 3.05) is 45.2 Å². The highest BCUT2D eigenvalue weighted by atomic mass is 32.1. The molecule has 0 radical (unpaired) electrons. The molecule has 1 N–H and O–H groups in total. The van der Waals surface area contributed by atoms with E-state index >= 15 is 0 Å². The number of carbonyl (C=O) groups excluding carboxylic acids is 2. The van der Waals surface area contributed by atoms with Crippen LogP contribution in [0.3, 0.4) is 0 Å². The highest BCUT2D eigenvalue weighted by molar-refractivity contribution is 7.14. The Labute approximate surface area is 176 Å². The van der Waals surface area contributed by atoms with Crippen molar-refractivity contribution in [3.63, 3.8) is 0 Å². The lowest BCUT2D eigenvalue weighted by molar-refractivity contribution is -0.118. The minimum Gasteiger partial charge on any atom is -0.465 e. The maximum absolute atomic E-state index is 12.5. The number of methoxy groups -OCH3 is 1. The zero-order valence-corrected chi connectivity index (χ0v) is 18.0. The van der Waals surface area contributed by atoms with Gasteiger partial charge in [-0.1, -0.05) is 0 Å². The van der Waals surface area contributed by atoms with E-state index in [0.29, 0.717) is 17.1 Å². The molecule has 4 saturated carbocycles. The van der Waals surface area contributed by atoms with Gasteiger partial charge in [0, 0.05) is 32.2 Å². The molecule has 0 atom stereocenters. The molecule has 5 aliphatic rings. The molecule has 6 nitrogen and oxygen atoms in total. The summed E-state index contributed by atoms with van der Waals surface area (Å²) in [6.07, 6.45) is 7.35. The molecule has 1 saturated heterocycles. The van der Waals surface area contributed by atoms with Gasteiger partial charge in [-0.05, 0) is 67.2 Å². The molecule has 5 fully saturated rings. The highest BCUT2D eigenvalue weighted by Crippen LogP contribution is 2.55. The molecule has 2 heterocycles. The Bertz CT molecular complexity index is 743. The number of thiophene rings is 1. The summed E-state index contributed by atoms with van der Waals surface area (Å²) in [5.41, 5.74) is 0.428. The van der Waals surface area contributed by atoms with E-state index in [1.54, 1.807) is 11.4 Å². The molecular weight excluding hydrogens is 386 g/mol. The second-order valence-corrected chi connectivity index (χ2v) is 10.4. The van der Waals surface area contributed by atoms with Gasteiger partial charge in [0.2, 0.25) is 5.91 Å². The summed E-state index contributed by atoms with van der Waals surface area (Å²) in [5.74, 6) is 3.43. The molecule has 1 aliphatic heterocycles. The maximum Gasteiger partial charge on any atom is 0.340 e. The number of nitrogens with zero attached hydrogens (tertiary/aromatic N) is 2. The minimum atomic E-state index is -0.411. The molecule has 0 unspecified atom stereocenters. The van der Waals surface area contributed by atoms with Crippen molar-refractivity contribution in [1.82, 2.24) is 9.80 Å². The number of nitrogens with one attached hydrogen (secondary N) is 1. The first-order valence-electron chi connectivity index (χ1n) is 11.0. The van der Waals surface area contributed by atoms with Crippen molar-refractivity contribution in [2.45, 2.75) is 38.1 Å². The predicted molar refractivity (Wildman–Crippen MR) is 113 cm³/mol. The van der Waals surface area contributed by atoms with E-state index in [9.17, 15) is 9.59 Å².